The lowest BCUT2D eigenvalue weighted by Gasteiger charge is -2.36. The summed E-state index contributed by atoms with van der Waals surface area (Å²) in [6.45, 7) is 14.1. The van der Waals surface area contributed by atoms with Crippen molar-refractivity contribution in [3.63, 3.8) is 0 Å². The van der Waals surface area contributed by atoms with Crippen LogP contribution in [0, 0.1) is 6.92 Å². The molecule has 20 heteroatoms. The standard InChI is InChI=1S/C52H61N9O9S2/c1-33-29-42(69-4)39(49(66)60-27-25-58(26-28-60)35(3)62)30-43(33)71-45-31-54-52(72-45)56-47(64)36-14-16-37(17-15-36)59-23-21-57(22-24-59)20-9-7-5-6-8-19-53-44(63)32-70-41-12-10-11-38-46(41)51(68)61(50(38)67)40-18-13-34(2)55-48(40)65/h10-12,14-17,29-31,40H,2,5-9,13,18-28,32H2,1,3-4H3,(H,53,63)(H,55,65)(H,54,56,64). The van der Waals surface area contributed by atoms with E-state index >= 15 is 0 Å². The third-order valence-corrected chi connectivity index (χ3v) is 15.6. The van der Waals surface area contributed by atoms with Gasteiger partial charge in [-0.25, -0.2) is 4.98 Å². The summed E-state index contributed by atoms with van der Waals surface area (Å²) in [5, 5.41) is 8.91. The molecule has 7 amide bonds. The van der Waals surface area contributed by atoms with Gasteiger partial charge in [0, 0.05) is 87.7 Å². The monoisotopic (exact) mass is 1020 g/mol. The number of aromatic nitrogens is 1. The molecule has 0 bridgehead atoms. The van der Waals surface area contributed by atoms with Crippen molar-refractivity contribution in [3.8, 4) is 11.5 Å². The van der Waals surface area contributed by atoms with Gasteiger partial charge in [0.05, 0.1) is 34.2 Å². The van der Waals surface area contributed by atoms with Crippen molar-refractivity contribution >= 4 is 75.3 Å². The number of hydrogen-bond acceptors (Lipinski definition) is 14. The second-order valence-electron chi connectivity index (χ2n) is 18.2. The van der Waals surface area contributed by atoms with Crippen molar-refractivity contribution in [2.75, 3.05) is 89.4 Å². The Morgan fingerprint density at radius 3 is 2.32 bits per heavy atom. The highest BCUT2D eigenvalue weighted by molar-refractivity contribution is 8.01. The minimum atomic E-state index is -0.929. The molecule has 72 heavy (non-hydrogen) atoms. The Bertz CT molecular complexity index is 2710. The first-order chi connectivity index (χ1) is 34.8. The maximum Gasteiger partial charge on any atom is 0.266 e. The first-order valence-corrected chi connectivity index (χ1v) is 26.1. The number of ether oxygens (including phenoxy) is 2. The van der Waals surface area contributed by atoms with E-state index in [4.69, 9.17) is 9.47 Å². The van der Waals surface area contributed by atoms with Gasteiger partial charge in [0.15, 0.2) is 11.7 Å². The molecule has 4 aliphatic rings. The zero-order valence-electron chi connectivity index (χ0n) is 41.0. The van der Waals surface area contributed by atoms with E-state index in [1.165, 1.54) is 29.2 Å². The number of piperidine rings is 1. The lowest BCUT2D eigenvalue weighted by molar-refractivity contribution is -0.130. The Kier molecular flexibility index (Phi) is 16.9. The van der Waals surface area contributed by atoms with Crippen LogP contribution in [0.2, 0.25) is 0 Å². The van der Waals surface area contributed by atoms with Gasteiger partial charge in [0.1, 0.15) is 17.5 Å². The van der Waals surface area contributed by atoms with Crippen molar-refractivity contribution in [1.29, 1.82) is 0 Å². The summed E-state index contributed by atoms with van der Waals surface area (Å²) in [4.78, 5) is 105. The molecule has 1 atom stereocenters. The number of anilines is 2. The topological polar surface area (TPSA) is 203 Å². The number of piperazine rings is 2. The lowest BCUT2D eigenvalue weighted by atomic mass is 10.0. The number of carbonyl (C=O) groups is 7. The van der Waals surface area contributed by atoms with Crippen LogP contribution in [0.25, 0.3) is 0 Å². The minimum Gasteiger partial charge on any atom is -0.496 e. The summed E-state index contributed by atoms with van der Waals surface area (Å²) >= 11 is 2.83. The van der Waals surface area contributed by atoms with Crippen LogP contribution in [0.5, 0.6) is 11.5 Å². The zero-order chi connectivity index (χ0) is 50.9. The SMILES string of the molecule is C=C1CCC(N2C(=O)c3cccc(OCC(=O)NCCCCCCCN4CCN(c5ccc(C(=O)Nc6ncc(Sc7cc(C(=O)N8CCN(C(C)=O)CC8)c(OC)cc7C)s6)cc5)CC4)c3C2=O)C(=O)N1. The van der Waals surface area contributed by atoms with E-state index < -0.39 is 23.8 Å². The van der Waals surface area contributed by atoms with E-state index in [1.54, 1.807) is 42.2 Å². The van der Waals surface area contributed by atoms with Gasteiger partial charge in [-0.2, -0.15) is 0 Å². The molecule has 0 radical (unpaired) electrons. The molecule has 1 aromatic heterocycles. The quantitative estimate of drug-likeness (QED) is 0.0750. The fourth-order valence-corrected chi connectivity index (χ4v) is 11.2. The van der Waals surface area contributed by atoms with Crippen molar-refractivity contribution in [3.05, 3.63) is 101 Å². The molecule has 4 aromatic rings. The highest BCUT2D eigenvalue weighted by atomic mass is 32.2. The summed E-state index contributed by atoms with van der Waals surface area (Å²) in [6, 6.07) is 15.1. The number of amides is 7. The summed E-state index contributed by atoms with van der Waals surface area (Å²) in [6.07, 6.45) is 7.53. The molecule has 0 saturated carbocycles. The Labute approximate surface area is 427 Å². The van der Waals surface area contributed by atoms with Crippen LogP contribution in [-0.2, 0) is 14.4 Å². The van der Waals surface area contributed by atoms with Gasteiger partial charge in [-0.05, 0) is 93.2 Å². The molecule has 8 rings (SSSR count). The third kappa shape index (κ3) is 12.3. The van der Waals surface area contributed by atoms with Crippen LogP contribution in [0.4, 0.5) is 10.8 Å². The first kappa shape index (κ1) is 51.6. The van der Waals surface area contributed by atoms with Gasteiger partial charge in [0.2, 0.25) is 11.8 Å². The predicted octanol–water partition coefficient (Wildman–Crippen LogP) is 5.82. The Morgan fingerprint density at radius 2 is 1.60 bits per heavy atom. The Hall–Kier alpha value is -6.77. The molecular formula is C52H61N9O9S2. The van der Waals surface area contributed by atoms with Gasteiger partial charge in [0.25, 0.3) is 29.5 Å². The lowest BCUT2D eigenvalue weighted by Crippen LogP contribution is -2.51. The molecule has 3 aromatic carbocycles. The smallest absolute Gasteiger partial charge is 0.266 e. The molecule has 5 heterocycles. The van der Waals surface area contributed by atoms with Crippen molar-refractivity contribution in [2.45, 2.75) is 73.9 Å². The van der Waals surface area contributed by atoms with E-state index in [-0.39, 0.29) is 47.1 Å². The number of fused-ring (bicyclic) bond motifs is 1. The van der Waals surface area contributed by atoms with Crippen molar-refractivity contribution in [1.82, 2.24) is 35.2 Å². The largest absolute Gasteiger partial charge is 0.496 e. The number of nitrogens with one attached hydrogen (secondary N) is 3. The van der Waals surface area contributed by atoms with Gasteiger partial charge in [-0.1, -0.05) is 55.0 Å². The van der Waals surface area contributed by atoms with E-state index in [0.29, 0.717) is 73.3 Å². The molecule has 3 saturated heterocycles. The predicted molar refractivity (Wildman–Crippen MR) is 274 cm³/mol. The van der Waals surface area contributed by atoms with E-state index in [1.807, 2.05) is 43.3 Å². The van der Waals surface area contributed by atoms with Crippen LogP contribution in [0.1, 0.15) is 98.9 Å². The maximum atomic E-state index is 13.6. The number of rotatable bonds is 19. The number of allylic oxidation sites excluding steroid dienone is 1. The van der Waals surface area contributed by atoms with Gasteiger partial charge >= 0.3 is 0 Å². The van der Waals surface area contributed by atoms with E-state index in [9.17, 15) is 33.6 Å². The van der Waals surface area contributed by atoms with E-state index in [2.05, 4.69) is 37.3 Å². The van der Waals surface area contributed by atoms with Crippen LogP contribution in [0.15, 0.2) is 82.2 Å². The number of imide groups is 1. The molecule has 3 N–H and O–H groups in total. The summed E-state index contributed by atoms with van der Waals surface area (Å²) < 4.78 is 12.2. The van der Waals surface area contributed by atoms with Crippen LogP contribution in [0.3, 0.4) is 0 Å². The number of methoxy groups -OCH3 is 1. The average Bonchev–Trinajstić information content (AvgIpc) is 3.93. The number of benzene rings is 3. The summed E-state index contributed by atoms with van der Waals surface area (Å²) in [5.74, 6) is -1.69. The summed E-state index contributed by atoms with van der Waals surface area (Å²) in [7, 11) is 1.55. The second-order valence-corrected chi connectivity index (χ2v) is 20.6. The number of unbranched alkanes of at least 4 members (excludes halogenated alkanes) is 4. The Morgan fingerprint density at radius 1 is 0.875 bits per heavy atom. The molecule has 4 aliphatic heterocycles. The number of nitrogens with zero attached hydrogens (tertiary/aromatic N) is 6. The van der Waals surface area contributed by atoms with Crippen LogP contribution >= 0.6 is 23.1 Å². The highest BCUT2D eigenvalue weighted by Gasteiger charge is 2.45. The highest BCUT2D eigenvalue weighted by Crippen LogP contribution is 2.39. The molecular weight excluding hydrogens is 959 g/mol. The normalized spacial score (nSPS) is 17.2. The van der Waals surface area contributed by atoms with Gasteiger partial charge < -0.3 is 34.8 Å². The Balaban J connectivity index is 0.695. The summed E-state index contributed by atoms with van der Waals surface area (Å²) in [5.41, 5.74) is 3.78. The average molecular weight is 1020 g/mol. The third-order valence-electron chi connectivity index (χ3n) is 13.4. The number of carbonyl (C=O) groups excluding carboxylic acids is 7. The molecule has 380 valence electrons. The van der Waals surface area contributed by atoms with Crippen LogP contribution < -0.4 is 30.3 Å². The fraction of sp³-hybridized carbons (Fsp3) is 0.423. The van der Waals surface area contributed by atoms with Crippen LogP contribution in [-0.4, -0.2) is 151 Å². The molecule has 3 fully saturated rings. The maximum absolute atomic E-state index is 13.6. The molecule has 0 spiro atoms. The molecule has 1 unspecified atom stereocenters. The first-order valence-electron chi connectivity index (χ1n) is 24.4. The van der Waals surface area contributed by atoms with Gasteiger partial charge in [-0.15, -0.1) is 0 Å². The molecule has 0 aliphatic carbocycles. The zero-order valence-corrected chi connectivity index (χ0v) is 42.6. The van der Waals surface area contributed by atoms with Crippen molar-refractivity contribution < 1.29 is 43.0 Å². The van der Waals surface area contributed by atoms with Crippen molar-refractivity contribution in [2.24, 2.45) is 0 Å². The number of aryl methyl sites for hydroxylation is 1. The van der Waals surface area contributed by atoms with Gasteiger partial charge in [-0.3, -0.25) is 48.7 Å². The number of hydrogen-bond donors (Lipinski definition) is 3. The second kappa shape index (κ2) is 23.6. The number of thiazole rings is 1. The van der Waals surface area contributed by atoms with E-state index in [0.717, 1.165) is 90.1 Å². The fourth-order valence-electron chi connectivity index (χ4n) is 9.29. The minimum absolute atomic E-state index is 0.00412. The molecule has 18 nitrogen and oxygen atoms in total.